The maximum absolute atomic E-state index is 12.5. The van der Waals surface area contributed by atoms with E-state index in [0.29, 0.717) is 32.5 Å². The van der Waals surface area contributed by atoms with Crippen LogP contribution in [0.1, 0.15) is 18.5 Å². The second kappa shape index (κ2) is 6.49. The molecule has 1 aromatic heterocycles. The summed E-state index contributed by atoms with van der Waals surface area (Å²) in [6.07, 6.45) is 0.943. The van der Waals surface area contributed by atoms with Gasteiger partial charge in [-0.15, -0.1) is 0 Å². The number of carbonyl (C=O) groups excluding carboxylic acids is 2. The van der Waals surface area contributed by atoms with Crippen molar-refractivity contribution in [1.29, 1.82) is 0 Å². The summed E-state index contributed by atoms with van der Waals surface area (Å²) >= 11 is 0. The van der Waals surface area contributed by atoms with Crippen LogP contribution in [0.4, 0.5) is 4.79 Å². The summed E-state index contributed by atoms with van der Waals surface area (Å²) in [6.45, 7) is 1.31. The summed E-state index contributed by atoms with van der Waals surface area (Å²) in [5.74, 6) is 0.778. The molecule has 0 bridgehead atoms. The fourth-order valence-electron chi connectivity index (χ4n) is 3.64. The van der Waals surface area contributed by atoms with Crippen LogP contribution in [0.5, 0.6) is 5.75 Å². The van der Waals surface area contributed by atoms with Crippen LogP contribution < -0.4 is 21.1 Å². The number of hydrogen-bond acceptors (Lipinski definition) is 5. The molecule has 2 aliphatic rings. The molecule has 0 unspecified atom stereocenters. The van der Waals surface area contributed by atoms with Gasteiger partial charge in [-0.1, -0.05) is 0 Å². The number of nitrogens with two attached hydrogens (primary N) is 1. The van der Waals surface area contributed by atoms with E-state index < -0.39 is 5.54 Å². The number of nitrogens with one attached hydrogen (secondary N) is 3. The minimum atomic E-state index is -0.808. The Kier molecular flexibility index (Phi) is 4.14. The molecule has 5 N–H and O–H groups in total. The molecule has 3 heterocycles. The summed E-state index contributed by atoms with van der Waals surface area (Å²) in [6, 6.07) is 7.61. The van der Waals surface area contributed by atoms with Gasteiger partial charge in [0.1, 0.15) is 11.3 Å². The number of guanidine groups is 1. The molecular weight excluding hydrogens is 348 g/mol. The molecule has 3 amide bonds. The van der Waals surface area contributed by atoms with Crippen LogP contribution in [0.3, 0.4) is 0 Å². The zero-order chi connectivity index (χ0) is 19.0. The van der Waals surface area contributed by atoms with Crippen molar-refractivity contribution in [2.45, 2.75) is 24.9 Å². The first-order valence-electron chi connectivity index (χ1n) is 8.84. The predicted octanol–water partition coefficient (Wildman–Crippen LogP) is 0.665. The van der Waals surface area contributed by atoms with Crippen molar-refractivity contribution < 1.29 is 14.3 Å². The van der Waals surface area contributed by atoms with Crippen LogP contribution in [-0.4, -0.2) is 53.5 Å². The number of piperidine rings is 1. The van der Waals surface area contributed by atoms with E-state index in [9.17, 15) is 9.59 Å². The zero-order valence-corrected chi connectivity index (χ0v) is 15.0. The number of urea groups is 1. The lowest BCUT2D eigenvalue weighted by Crippen LogP contribution is -2.52. The maximum atomic E-state index is 12.5. The van der Waals surface area contributed by atoms with Gasteiger partial charge in [-0.05, 0) is 37.1 Å². The monoisotopic (exact) mass is 370 g/mol. The summed E-state index contributed by atoms with van der Waals surface area (Å²) in [4.78, 5) is 33.7. The number of amides is 3. The number of hydrogen-bond donors (Lipinski definition) is 4. The quantitative estimate of drug-likeness (QED) is 0.633. The summed E-state index contributed by atoms with van der Waals surface area (Å²) in [5, 5.41) is 6.50. The number of aromatic nitrogens is 1. The largest absolute Gasteiger partial charge is 0.497 e. The van der Waals surface area contributed by atoms with E-state index in [0.717, 1.165) is 22.3 Å². The van der Waals surface area contributed by atoms with Gasteiger partial charge in [0.25, 0.3) is 5.91 Å². The van der Waals surface area contributed by atoms with Crippen molar-refractivity contribution in [2.75, 3.05) is 20.2 Å². The smallest absolute Gasteiger partial charge is 0.317 e. The molecule has 2 aromatic rings. The van der Waals surface area contributed by atoms with Crippen molar-refractivity contribution in [3.05, 3.63) is 30.0 Å². The molecule has 2 aliphatic heterocycles. The Labute approximate surface area is 155 Å². The summed E-state index contributed by atoms with van der Waals surface area (Å²) in [5.41, 5.74) is 6.69. The van der Waals surface area contributed by atoms with Crippen molar-refractivity contribution in [2.24, 2.45) is 10.7 Å². The van der Waals surface area contributed by atoms with E-state index in [2.05, 4.69) is 20.6 Å². The van der Waals surface area contributed by atoms with Gasteiger partial charge in [-0.2, -0.15) is 0 Å². The molecule has 0 atom stereocenters. The lowest BCUT2D eigenvalue weighted by Gasteiger charge is -2.35. The van der Waals surface area contributed by atoms with Gasteiger partial charge in [-0.3, -0.25) is 10.1 Å². The Bertz CT molecular complexity index is 926. The highest BCUT2D eigenvalue weighted by molar-refractivity contribution is 6.06. The Hall–Kier alpha value is -3.23. The van der Waals surface area contributed by atoms with Gasteiger partial charge in [0.15, 0.2) is 5.96 Å². The molecule has 0 saturated carbocycles. The first kappa shape index (κ1) is 17.2. The Morgan fingerprint density at radius 2 is 2.15 bits per heavy atom. The topological polar surface area (TPSA) is 125 Å². The number of nitrogens with zero attached hydrogens (tertiary/aromatic N) is 2. The third kappa shape index (κ3) is 3.16. The highest BCUT2D eigenvalue weighted by Crippen LogP contribution is 2.29. The molecule has 0 aliphatic carbocycles. The lowest BCUT2D eigenvalue weighted by molar-refractivity contribution is -0.125. The van der Waals surface area contributed by atoms with Gasteiger partial charge >= 0.3 is 6.03 Å². The van der Waals surface area contributed by atoms with Gasteiger partial charge in [-0.25, -0.2) is 9.79 Å². The van der Waals surface area contributed by atoms with Crippen LogP contribution in [0.2, 0.25) is 0 Å². The van der Waals surface area contributed by atoms with Gasteiger partial charge in [0.05, 0.1) is 13.7 Å². The average Bonchev–Trinajstić information content (AvgIpc) is 3.19. The SMILES string of the molecule is COc1ccc2[nH]c(CNC(=O)N3CCC4(CC3)N=C(N)NC4=O)cc2c1. The van der Waals surface area contributed by atoms with Crippen LogP contribution in [0, 0.1) is 0 Å². The average molecular weight is 370 g/mol. The van der Waals surface area contributed by atoms with Crippen LogP contribution in [0.15, 0.2) is 29.3 Å². The number of carbonyl (C=O) groups is 2. The maximum Gasteiger partial charge on any atom is 0.317 e. The van der Waals surface area contributed by atoms with E-state index in [4.69, 9.17) is 10.5 Å². The number of benzene rings is 1. The molecule has 9 nitrogen and oxygen atoms in total. The fourth-order valence-corrected chi connectivity index (χ4v) is 3.64. The molecule has 4 rings (SSSR count). The number of rotatable bonds is 3. The molecule has 142 valence electrons. The van der Waals surface area contributed by atoms with E-state index in [1.807, 2.05) is 24.3 Å². The third-order valence-corrected chi connectivity index (χ3v) is 5.19. The van der Waals surface area contributed by atoms with Crippen molar-refractivity contribution in [1.82, 2.24) is 20.5 Å². The normalized spacial score (nSPS) is 18.5. The first-order chi connectivity index (χ1) is 13.0. The summed E-state index contributed by atoms with van der Waals surface area (Å²) < 4.78 is 5.23. The zero-order valence-electron chi connectivity index (χ0n) is 15.0. The molecule has 27 heavy (non-hydrogen) atoms. The number of methoxy groups -OCH3 is 1. The van der Waals surface area contributed by atoms with Gasteiger partial charge in [0.2, 0.25) is 0 Å². The highest BCUT2D eigenvalue weighted by Gasteiger charge is 2.45. The van der Waals surface area contributed by atoms with Crippen LogP contribution in [0.25, 0.3) is 10.9 Å². The minimum Gasteiger partial charge on any atom is -0.497 e. The van der Waals surface area contributed by atoms with Crippen molar-refractivity contribution in [3.8, 4) is 5.75 Å². The van der Waals surface area contributed by atoms with Gasteiger partial charge < -0.3 is 25.7 Å². The van der Waals surface area contributed by atoms with E-state index in [1.54, 1.807) is 12.0 Å². The number of fused-ring (bicyclic) bond motifs is 1. The standard InChI is InChI=1S/C18H22N6O3/c1-27-13-2-3-14-11(9-13)8-12(21-14)10-20-17(26)24-6-4-18(5-7-24)15(25)22-16(19)23-18/h2-3,8-9,21H,4-7,10H2,1H3,(H,20,26)(H3,19,22,23,25). The number of aromatic amines is 1. The van der Waals surface area contributed by atoms with Crippen molar-refractivity contribution in [3.63, 3.8) is 0 Å². The first-order valence-corrected chi connectivity index (χ1v) is 8.84. The molecule has 0 radical (unpaired) electrons. The molecule has 1 aromatic carbocycles. The number of ether oxygens (including phenoxy) is 1. The fraction of sp³-hybridized carbons (Fsp3) is 0.389. The Balaban J connectivity index is 1.34. The Morgan fingerprint density at radius 1 is 1.37 bits per heavy atom. The van der Waals surface area contributed by atoms with Crippen LogP contribution in [-0.2, 0) is 11.3 Å². The summed E-state index contributed by atoms with van der Waals surface area (Å²) in [7, 11) is 1.63. The third-order valence-electron chi connectivity index (χ3n) is 5.19. The minimum absolute atomic E-state index is 0.156. The molecule has 1 saturated heterocycles. The molecule has 9 heteroatoms. The Morgan fingerprint density at radius 3 is 2.81 bits per heavy atom. The lowest BCUT2D eigenvalue weighted by atomic mass is 9.88. The van der Waals surface area contributed by atoms with Crippen molar-refractivity contribution >= 4 is 28.8 Å². The van der Waals surface area contributed by atoms with E-state index in [1.165, 1.54) is 0 Å². The number of aliphatic imine (C=N–C) groups is 1. The second-order valence-electron chi connectivity index (χ2n) is 6.88. The highest BCUT2D eigenvalue weighted by atomic mass is 16.5. The van der Waals surface area contributed by atoms with Gasteiger partial charge in [0, 0.05) is 29.7 Å². The van der Waals surface area contributed by atoms with E-state index >= 15 is 0 Å². The number of likely N-dealkylation sites (tertiary alicyclic amines) is 1. The number of H-pyrrole nitrogens is 1. The molecular formula is C18H22N6O3. The van der Waals surface area contributed by atoms with E-state index in [-0.39, 0.29) is 17.9 Å². The molecule has 1 spiro atoms. The molecule has 1 fully saturated rings. The van der Waals surface area contributed by atoms with Crippen LogP contribution >= 0.6 is 0 Å². The predicted molar refractivity (Wildman–Crippen MR) is 100 cm³/mol. The second-order valence-corrected chi connectivity index (χ2v) is 6.88.